The van der Waals surface area contributed by atoms with Crippen molar-refractivity contribution in [1.82, 2.24) is 15.5 Å². The fourth-order valence-electron chi connectivity index (χ4n) is 3.79. The van der Waals surface area contributed by atoms with E-state index in [-0.39, 0.29) is 24.0 Å². The molecule has 2 aliphatic rings. The second kappa shape index (κ2) is 11.9. The topological polar surface area (TPSA) is 39.7 Å². The first-order valence-corrected chi connectivity index (χ1v) is 10.9. The smallest absolute Gasteiger partial charge is 0.191 e. The number of rotatable bonds is 7. The predicted molar refractivity (Wildman–Crippen MR) is 123 cm³/mol. The van der Waals surface area contributed by atoms with Gasteiger partial charge in [-0.3, -0.25) is 4.99 Å². The van der Waals surface area contributed by atoms with E-state index < -0.39 is 0 Å². The maximum Gasteiger partial charge on any atom is 0.191 e. The third kappa shape index (κ3) is 8.69. The number of hydrogen-bond donors (Lipinski definition) is 2. The highest BCUT2D eigenvalue weighted by molar-refractivity contribution is 14.0. The van der Waals surface area contributed by atoms with Gasteiger partial charge in [-0.05, 0) is 63.7 Å². The first-order valence-electron chi connectivity index (χ1n) is 9.89. The summed E-state index contributed by atoms with van der Waals surface area (Å²) in [7, 11) is 0. The van der Waals surface area contributed by atoms with Crippen molar-refractivity contribution in [3.63, 3.8) is 0 Å². The highest BCUT2D eigenvalue weighted by Gasteiger charge is 2.29. The van der Waals surface area contributed by atoms with Crippen LogP contribution in [0, 0.1) is 11.8 Å². The normalized spacial score (nSPS) is 28.0. The first kappa shape index (κ1) is 23.3. The quantitative estimate of drug-likeness (QED) is 0.329. The summed E-state index contributed by atoms with van der Waals surface area (Å²) < 4.78 is 0.348. The van der Waals surface area contributed by atoms with Gasteiger partial charge in [0.25, 0.3) is 0 Å². The van der Waals surface area contributed by atoms with Crippen molar-refractivity contribution in [1.29, 1.82) is 0 Å². The number of nitrogens with one attached hydrogen (secondary N) is 2. The van der Waals surface area contributed by atoms with Gasteiger partial charge in [0.1, 0.15) is 0 Å². The number of aliphatic imine (C=N–C) groups is 1. The maximum atomic E-state index is 4.88. The van der Waals surface area contributed by atoms with Crippen molar-refractivity contribution in [3.05, 3.63) is 0 Å². The average molecular weight is 483 g/mol. The summed E-state index contributed by atoms with van der Waals surface area (Å²) in [5.41, 5.74) is 0. The summed E-state index contributed by atoms with van der Waals surface area (Å²) in [6, 6.07) is 0. The van der Waals surface area contributed by atoms with Gasteiger partial charge in [0.15, 0.2) is 5.96 Å². The molecular formula is C19H39IN4S. The van der Waals surface area contributed by atoms with Crippen LogP contribution in [-0.2, 0) is 0 Å². The molecule has 2 aliphatic heterocycles. The molecule has 4 nitrogen and oxygen atoms in total. The van der Waals surface area contributed by atoms with Crippen LogP contribution in [0.4, 0.5) is 0 Å². The van der Waals surface area contributed by atoms with Crippen molar-refractivity contribution >= 4 is 41.7 Å². The van der Waals surface area contributed by atoms with Crippen molar-refractivity contribution in [2.24, 2.45) is 16.8 Å². The third-order valence-corrected chi connectivity index (χ3v) is 6.52. The van der Waals surface area contributed by atoms with Crippen molar-refractivity contribution in [3.8, 4) is 0 Å². The third-order valence-electron chi connectivity index (χ3n) is 5.00. The summed E-state index contributed by atoms with van der Waals surface area (Å²) in [5.74, 6) is 3.81. The van der Waals surface area contributed by atoms with E-state index in [9.17, 15) is 0 Å². The van der Waals surface area contributed by atoms with Gasteiger partial charge in [0.2, 0.25) is 0 Å². The molecule has 2 heterocycles. The SMILES string of the molecule is CCNC(=NCC1(C)CCCS1)NCC1CCCN(CC(C)C)C1.I. The molecule has 0 bridgehead atoms. The first-order chi connectivity index (χ1) is 11.5. The molecule has 2 atom stereocenters. The Morgan fingerprint density at radius 3 is 2.76 bits per heavy atom. The second-order valence-corrected chi connectivity index (χ2v) is 9.82. The number of hydrogen-bond acceptors (Lipinski definition) is 3. The maximum absolute atomic E-state index is 4.88. The molecule has 2 unspecified atom stereocenters. The summed E-state index contributed by atoms with van der Waals surface area (Å²) in [5, 5.41) is 7.03. The monoisotopic (exact) mass is 482 g/mol. The van der Waals surface area contributed by atoms with E-state index in [1.807, 2.05) is 0 Å². The molecule has 0 aromatic heterocycles. The summed E-state index contributed by atoms with van der Waals surface area (Å²) in [6.45, 7) is 15.8. The molecule has 2 N–H and O–H groups in total. The molecule has 0 aliphatic carbocycles. The summed E-state index contributed by atoms with van der Waals surface area (Å²) >= 11 is 2.09. The van der Waals surface area contributed by atoms with Gasteiger partial charge >= 0.3 is 0 Å². The van der Waals surface area contributed by atoms with Gasteiger partial charge in [-0.2, -0.15) is 11.8 Å². The van der Waals surface area contributed by atoms with Crippen LogP contribution in [0.2, 0.25) is 0 Å². The van der Waals surface area contributed by atoms with Crippen LogP contribution in [0.5, 0.6) is 0 Å². The van der Waals surface area contributed by atoms with E-state index in [0.717, 1.165) is 37.4 Å². The number of likely N-dealkylation sites (tertiary alicyclic amines) is 1. The highest BCUT2D eigenvalue weighted by atomic mass is 127. The van der Waals surface area contributed by atoms with Crippen molar-refractivity contribution < 1.29 is 0 Å². The Hall–Kier alpha value is 0.310. The fraction of sp³-hybridized carbons (Fsp3) is 0.947. The lowest BCUT2D eigenvalue weighted by Gasteiger charge is -2.34. The Bertz CT molecular complexity index is 397. The van der Waals surface area contributed by atoms with E-state index in [4.69, 9.17) is 4.99 Å². The molecule has 0 radical (unpaired) electrons. The van der Waals surface area contributed by atoms with Gasteiger partial charge in [0.05, 0.1) is 6.54 Å². The van der Waals surface area contributed by atoms with Crippen molar-refractivity contribution in [2.45, 2.75) is 58.1 Å². The van der Waals surface area contributed by atoms with Crippen molar-refractivity contribution in [2.75, 3.05) is 45.0 Å². The molecule has 2 saturated heterocycles. The van der Waals surface area contributed by atoms with Crippen LogP contribution < -0.4 is 10.6 Å². The lowest BCUT2D eigenvalue weighted by molar-refractivity contribution is 0.159. The molecule has 148 valence electrons. The second-order valence-electron chi connectivity index (χ2n) is 8.14. The zero-order valence-corrected chi connectivity index (χ0v) is 19.8. The minimum Gasteiger partial charge on any atom is -0.357 e. The lowest BCUT2D eigenvalue weighted by atomic mass is 9.97. The zero-order valence-electron chi connectivity index (χ0n) is 16.6. The Morgan fingerprint density at radius 1 is 1.32 bits per heavy atom. The molecule has 2 rings (SSSR count). The van der Waals surface area contributed by atoms with E-state index in [1.165, 1.54) is 51.1 Å². The van der Waals surface area contributed by atoms with Crippen LogP contribution in [0.15, 0.2) is 4.99 Å². The molecule has 0 aromatic carbocycles. The van der Waals surface area contributed by atoms with E-state index >= 15 is 0 Å². The Kier molecular flexibility index (Phi) is 11.1. The van der Waals surface area contributed by atoms with E-state index in [2.05, 4.69) is 55.0 Å². The van der Waals surface area contributed by atoms with Gasteiger partial charge in [-0.15, -0.1) is 24.0 Å². The Morgan fingerprint density at radius 2 is 2.12 bits per heavy atom. The molecule has 0 spiro atoms. The van der Waals surface area contributed by atoms with Crippen LogP contribution in [0.3, 0.4) is 0 Å². The number of halogens is 1. The lowest BCUT2D eigenvalue weighted by Crippen LogP contribution is -2.45. The predicted octanol–water partition coefficient (Wildman–Crippen LogP) is 3.81. The number of piperidine rings is 1. The summed E-state index contributed by atoms with van der Waals surface area (Å²) in [4.78, 5) is 7.52. The largest absolute Gasteiger partial charge is 0.357 e. The van der Waals surface area contributed by atoms with Crippen LogP contribution in [0.1, 0.15) is 53.4 Å². The van der Waals surface area contributed by atoms with Crippen LogP contribution in [-0.4, -0.2) is 60.6 Å². The number of nitrogens with zero attached hydrogens (tertiary/aromatic N) is 2. The van der Waals surface area contributed by atoms with Gasteiger partial charge < -0.3 is 15.5 Å². The molecule has 2 fully saturated rings. The van der Waals surface area contributed by atoms with E-state index in [1.54, 1.807) is 0 Å². The van der Waals surface area contributed by atoms with Crippen LogP contribution in [0.25, 0.3) is 0 Å². The molecule has 0 amide bonds. The standard InChI is InChI=1S/C19H38N4S.HI/c1-5-20-18(22-15-19(4)9-7-11-24-19)21-12-17-8-6-10-23(14-17)13-16(2)3;/h16-17H,5-15H2,1-4H3,(H2,20,21,22);1H. The molecule has 0 saturated carbocycles. The van der Waals surface area contributed by atoms with Gasteiger partial charge in [-0.1, -0.05) is 13.8 Å². The average Bonchev–Trinajstić information content (AvgIpc) is 2.97. The minimum atomic E-state index is 0. The van der Waals surface area contributed by atoms with Gasteiger partial charge in [-0.25, -0.2) is 0 Å². The Labute approximate surface area is 176 Å². The molecule has 25 heavy (non-hydrogen) atoms. The van der Waals surface area contributed by atoms with Crippen LogP contribution >= 0.6 is 35.7 Å². The fourth-order valence-corrected chi connectivity index (χ4v) is 5.02. The zero-order chi connectivity index (χ0) is 17.4. The highest BCUT2D eigenvalue weighted by Crippen LogP contribution is 2.37. The molecule has 0 aromatic rings. The number of thioether (sulfide) groups is 1. The summed E-state index contributed by atoms with van der Waals surface area (Å²) in [6.07, 6.45) is 5.32. The molecule has 6 heteroatoms. The number of guanidine groups is 1. The van der Waals surface area contributed by atoms with E-state index in [0.29, 0.717) is 4.75 Å². The molecular weight excluding hydrogens is 443 g/mol. The van der Waals surface area contributed by atoms with Gasteiger partial charge in [0, 0.05) is 30.9 Å². The Balaban J connectivity index is 0.00000312. The minimum absolute atomic E-state index is 0.